The van der Waals surface area contributed by atoms with Gasteiger partial charge in [0.15, 0.2) is 0 Å². The van der Waals surface area contributed by atoms with Crippen LogP contribution in [0.3, 0.4) is 0 Å². The maximum Gasteiger partial charge on any atom is 0.331 e. The zero-order valence-corrected chi connectivity index (χ0v) is 19.8. The molecule has 7 nitrogen and oxygen atoms in total. The summed E-state index contributed by atoms with van der Waals surface area (Å²) in [6.45, 7) is 7.20. The summed E-state index contributed by atoms with van der Waals surface area (Å²) in [5.41, 5.74) is 4.22. The van der Waals surface area contributed by atoms with E-state index in [9.17, 15) is 10.1 Å². The molecule has 0 saturated carbocycles. The second-order valence-electron chi connectivity index (χ2n) is 9.18. The molecule has 0 aliphatic rings. The first-order chi connectivity index (χ1) is 16.4. The number of hydrogen-bond donors (Lipinski definition) is 2. The molecule has 0 radical (unpaired) electrons. The van der Waals surface area contributed by atoms with Gasteiger partial charge in [-0.1, -0.05) is 50.2 Å². The summed E-state index contributed by atoms with van der Waals surface area (Å²) >= 11 is 0. The van der Waals surface area contributed by atoms with E-state index in [4.69, 9.17) is 0 Å². The summed E-state index contributed by atoms with van der Waals surface area (Å²) in [6.07, 6.45) is 4.01. The van der Waals surface area contributed by atoms with Crippen molar-refractivity contribution in [1.29, 1.82) is 5.26 Å². The van der Waals surface area contributed by atoms with Crippen molar-refractivity contribution < 1.29 is 0 Å². The number of fused-ring (bicyclic) bond motifs is 2. The molecule has 1 unspecified atom stereocenters. The van der Waals surface area contributed by atoms with Crippen LogP contribution < -0.4 is 11.0 Å². The lowest BCUT2D eigenvalue weighted by molar-refractivity contribution is 0.444. The van der Waals surface area contributed by atoms with Gasteiger partial charge < -0.3 is 14.5 Å². The molecule has 0 bridgehead atoms. The van der Waals surface area contributed by atoms with Crippen molar-refractivity contribution in [2.75, 3.05) is 0 Å². The Balaban J connectivity index is 1.77. The average molecular weight is 453 g/mol. The van der Waals surface area contributed by atoms with E-state index in [0.717, 1.165) is 39.6 Å². The maximum absolute atomic E-state index is 13.2. The number of aromatic amines is 1. The van der Waals surface area contributed by atoms with E-state index in [2.05, 4.69) is 54.0 Å². The second-order valence-corrected chi connectivity index (χ2v) is 9.18. The van der Waals surface area contributed by atoms with Gasteiger partial charge in [-0.2, -0.15) is 5.26 Å². The molecule has 5 rings (SSSR count). The fourth-order valence-corrected chi connectivity index (χ4v) is 5.00. The Morgan fingerprint density at radius 3 is 2.38 bits per heavy atom. The smallest absolute Gasteiger partial charge is 0.331 e. The van der Waals surface area contributed by atoms with Gasteiger partial charge in [-0.25, -0.2) is 4.79 Å². The lowest BCUT2D eigenvalue weighted by Crippen LogP contribution is -2.35. The molecule has 3 aromatic heterocycles. The lowest BCUT2D eigenvalue weighted by atomic mass is 10.1. The number of hydrogen-bond acceptors (Lipinski definition) is 3. The Morgan fingerprint density at radius 2 is 1.68 bits per heavy atom. The van der Waals surface area contributed by atoms with Crippen LogP contribution in [0.1, 0.15) is 26.5 Å². The Hall–Kier alpha value is -4.02. The number of aromatic nitrogens is 4. The molecule has 3 heterocycles. The summed E-state index contributed by atoms with van der Waals surface area (Å²) in [5, 5.41) is 15.5. The Morgan fingerprint density at radius 1 is 1.00 bits per heavy atom. The number of imidazole rings is 1. The summed E-state index contributed by atoms with van der Waals surface area (Å²) < 4.78 is 5.85. The predicted octanol–water partition coefficient (Wildman–Crippen LogP) is 4.54. The van der Waals surface area contributed by atoms with E-state index in [1.807, 2.05) is 60.3 Å². The number of nitrogens with one attached hydrogen (secondary N) is 2. The van der Waals surface area contributed by atoms with E-state index in [1.54, 1.807) is 4.57 Å². The topological polar surface area (TPSA) is 83.5 Å². The van der Waals surface area contributed by atoms with Gasteiger partial charge in [-0.15, -0.1) is 0 Å². The van der Waals surface area contributed by atoms with Gasteiger partial charge in [0.05, 0.1) is 11.4 Å². The normalized spacial score (nSPS) is 12.6. The van der Waals surface area contributed by atoms with Crippen molar-refractivity contribution >= 4 is 21.8 Å². The molecule has 5 aromatic rings. The van der Waals surface area contributed by atoms with Crippen LogP contribution in [-0.4, -0.2) is 30.8 Å². The van der Waals surface area contributed by atoms with Gasteiger partial charge in [0.25, 0.3) is 0 Å². The first-order valence-corrected chi connectivity index (χ1v) is 11.5. The second kappa shape index (κ2) is 8.40. The Kier molecular flexibility index (Phi) is 5.39. The molecule has 0 amide bonds. The first kappa shape index (κ1) is 21.8. The molecule has 34 heavy (non-hydrogen) atoms. The quantitative estimate of drug-likeness (QED) is 0.397. The number of para-hydroxylation sites is 2. The molecule has 0 aliphatic heterocycles. The molecule has 172 valence electrons. The van der Waals surface area contributed by atoms with Crippen molar-refractivity contribution in [2.45, 2.75) is 39.4 Å². The van der Waals surface area contributed by atoms with E-state index >= 15 is 0 Å². The van der Waals surface area contributed by atoms with Crippen LogP contribution in [0.25, 0.3) is 38.8 Å². The largest absolute Gasteiger partial charge is 0.348 e. The van der Waals surface area contributed by atoms with Crippen LogP contribution in [0.5, 0.6) is 0 Å². The molecular weight excluding hydrogens is 424 g/mol. The molecule has 7 heteroatoms. The third-order valence-corrected chi connectivity index (χ3v) is 6.26. The summed E-state index contributed by atoms with van der Waals surface area (Å²) in [5.74, 6) is 0. The molecule has 0 spiro atoms. The highest BCUT2D eigenvalue weighted by atomic mass is 16.1. The van der Waals surface area contributed by atoms with Gasteiger partial charge in [0, 0.05) is 65.4 Å². The molecule has 2 aromatic carbocycles. The minimum Gasteiger partial charge on any atom is -0.348 e. The summed E-state index contributed by atoms with van der Waals surface area (Å²) in [7, 11) is 1.96. The number of benzene rings is 2. The number of rotatable bonds is 6. The van der Waals surface area contributed by atoms with Gasteiger partial charge in [0.1, 0.15) is 11.8 Å². The summed E-state index contributed by atoms with van der Waals surface area (Å²) in [4.78, 5) is 16.0. The molecule has 0 aliphatic carbocycles. The van der Waals surface area contributed by atoms with Crippen LogP contribution in [0, 0.1) is 11.3 Å². The van der Waals surface area contributed by atoms with E-state index in [1.165, 1.54) is 0 Å². The van der Waals surface area contributed by atoms with Crippen molar-refractivity contribution in [3.63, 3.8) is 0 Å². The molecule has 0 saturated heterocycles. The van der Waals surface area contributed by atoms with Crippen LogP contribution in [0.15, 0.2) is 65.7 Å². The fourth-order valence-electron chi connectivity index (χ4n) is 5.00. The van der Waals surface area contributed by atoms with Crippen LogP contribution in [-0.2, 0) is 13.6 Å². The first-order valence-electron chi connectivity index (χ1n) is 11.5. The lowest BCUT2D eigenvalue weighted by Gasteiger charge is -2.18. The predicted molar refractivity (Wildman–Crippen MR) is 136 cm³/mol. The van der Waals surface area contributed by atoms with Crippen LogP contribution in [0.2, 0.25) is 0 Å². The van der Waals surface area contributed by atoms with Crippen molar-refractivity contribution in [3.05, 3.63) is 77.1 Å². The maximum atomic E-state index is 13.2. The van der Waals surface area contributed by atoms with Crippen LogP contribution in [0.4, 0.5) is 0 Å². The highest BCUT2D eigenvalue weighted by Crippen LogP contribution is 2.35. The van der Waals surface area contributed by atoms with Crippen molar-refractivity contribution in [1.82, 2.24) is 24.0 Å². The van der Waals surface area contributed by atoms with Gasteiger partial charge in [-0.05, 0) is 19.1 Å². The van der Waals surface area contributed by atoms with E-state index in [-0.39, 0.29) is 17.4 Å². The van der Waals surface area contributed by atoms with Gasteiger partial charge >= 0.3 is 5.69 Å². The average Bonchev–Trinajstić information content (AvgIpc) is 3.44. The zero-order chi connectivity index (χ0) is 24.0. The van der Waals surface area contributed by atoms with E-state index in [0.29, 0.717) is 11.7 Å². The minimum atomic E-state index is -0.324. The van der Waals surface area contributed by atoms with E-state index < -0.39 is 0 Å². The standard InChI is InChI=1S/C27H28N6O/c1-17(2)29-18(3)14-32-15-21(19-9-5-8-12-24(19)32)26-22(13-28)30-27(34)33(26)25-16-31(4)23-11-7-6-10-20(23)25/h5-12,15-18,29H,14H2,1-4H3,(H,30,34). The third-order valence-electron chi connectivity index (χ3n) is 6.26. The third kappa shape index (κ3) is 3.53. The SMILES string of the molecule is CC(C)NC(C)Cn1cc(-c2c(C#N)[nH]c(=O)n2-c2cn(C)c3ccccc23)c2ccccc21. The Bertz CT molecular complexity index is 1600. The molecule has 1 atom stereocenters. The summed E-state index contributed by atoms with van der Waals surface area (Å²) in [6, 6.07) is 19.0. The van der Waals surface area contributed by atoms with Crippen molar-refractivity contribution in [3.8, 4) is 23.0 Å². The van der Waals surface area contributed by atoms with Crippen LogP contribution >= 0.6 is 0 Å². The number of H-pyrrole nitrogens is 1. The highest BCUT2D eigenvalue weighted by Gasteiger charge is 2.23. The monoisotopic (exact) mass is 452 g/mol. The number of nitrogens with zero attached hydrogens (tertiary/aromatic N) is 4. The molecule has 2 N–H and O–H groups in total. The molecular formula is C27H28N6O. The fraction of sp³-hybridized carbons (Fsp3) is 0.259. The number of aryl methyl sites for hydroxylation is 1. The Labute approximate surface area is 197 Å². The number of nitriles is 1. The minimum absolute atomic E-state index is 0.255. The van der Waals surface area contributed by atoms with Crippen molar-refractivity contribution in [2.24, 2.45) is 7.05 Å². The zero-order valence-electron chi connectivity index (χ0n) is 19.8. The highest BCUT2D eigenvalue weighted by molar-refractivity contribution is 5.98. The van der Waals surface area contributed by atoms with Gasteiger partial charge in [-0.3, -0.25) is 9.55 Å². The molecule has 0 fully saturated rings. The van der Waals surface area contributed by atoms with Gasteiger partial charge in [0.2, 0.25) is 0 Å².